The molecule has 5 heterocycles. The topological polar surface area (TPSA) is 139 Å². The van der Waals surface area contributed by atoms with Gasteiger partial charge in [0.05, 0.1) is 24.9 Å². The Morgan fingerprint density at radius 1 is 0.982 bits per heavy atom. The van der Waals surface area contributed by atoms with Gasteiger partial charge in [0.25, 0.3) is 0 Å². The van der Waals surface area contributed by atoms with E-state index < -0.39 is 53.7 Å². The molecule has 5 aliphatic heterocycles. The highest BCUT2D eigenvalue weighted by Crippen LogP contribution is 2.64. The molecule has 10 fully saturated rings. The number of hydrogen-bond donors (Lipinski definition) is 2. The van der Waals surface area contributed by atoms with Crippen LogP contribution in [0.3, 0.4) is 0 Å². The number of hydrogen-bond acceptors (Lipinski definition) is 10. The van der Waals surface area contributed by atoms with Gasteiger partial charge >= 0.3 is 5.97 Å². The highest BCUT2D eigenvalue weighted by Gasteiger charge is 2.78. The zero-order valence-electron chi connectivity index (χ0n) is 33.7. The van der Waals surface area contributed by atoms with Crippen molar-refractivity contribution in [3.8, 4) is 0 Å². The fraction of sp³-hybridized carbons (Fsp3) is 0.756. The highest BCUT2D eigenvalue weighted by molar-refractivity contribution is 5.96. The Morgan fingerprint density at radius 3 is 2.53 bits per heavy atom. The number of nitrogens with zero attached hydrogens (tertiary/aromatic N) is 2. The molecule has 5 aliphatic carbocycles. The van der Waals surface area contributed by atoms with Crippen molar-refractivity contribution < 1.29 is 43.3 Å². The van der Waals surface area contributed by atoms with E-state index in [1.807, 2.05) is 0 Å². The normalized spacial score (nSPS) is 43.2. The number of benzene rings is 1. The van der Waals surface area contributed by atoms with Crippen LogP contribution in [0.2, 0.25) is 0 Å². The van der Waals surface area contributed by atoms with Crippen LogP contribution >= 0.6 is 0 Å². The Kier molecular flexibility index (Phi) is 8.51. The molecular formula is C45H59N3O9. The standard InChI is InChI=1S/C45H59N3O9/c1-42(2)22-30-27(9-14-34-43(3,54-34)16-15-31(30)42)21-25-6-4-7-26(20-25)24-48-37-40(51)53-33-23-44(37,41(52)47-18-5-8-32(47)39(50)46-17-19-49)38(57-48)36-35(33)55-45(56-36,28-10-11-28)29-12-13-29/h4,6-7,20-21,28-38,49H,5,8-19,22-24H2,1-3H3,(H,46,50)/t30-,31-,32-,33+,34?,35+,36+,37+,38-,43-,44+/m1/s1. The minimum Gasteiger partial charge on any atom is -0.458 e. The van der Waals surface area contributed by atoms with E-state index in [9.17, 15) is 14.7 Å². The lowest BCUT2D eigenvalue weighted by Crippen LogP contribution is -2.70. The van der Waals surface area contributed by atoms with Gasteiger partial charge in [-0.3, -0.25) is 19.2 Å². The molecule has 12 heteroatoms. The quantitative estimate of drug-likeness (QED) is 0.269. The number of carbonyl (C=O) groups is 3. The van der Waals surface area contributed by atoms with Gasteiger partial charge in [-0.15, -0.1) is 0 Å². The van der Waals surface area contributed by atoms with E-state index in [4.69, 9.17) is 23.8 Å². The minimum absolute atomic E-state index is 0.0342. The molecule has 0 radical (unpaired) electrons. The number of rotatable bonds is 9. The van der Waals surface area contributed by atoms with Gasteiger partial charge < -0.3 is 34.3 Å². The van der Waals surface area contributed by atoms with Crippen LogP contribution in [-0.2, 0) is 44.7 Å². The van der Waals surface area contributed by atoms with Gasteiger partial charge in [-0.2, -0.15) is 5.06 Å². The number of allylic oxidation sites excluding steroid dienone is 1. The summed E-state index contributed by atoms with van der Waals surface area (Å²) in [5.74, 6) is 0.00578. The van der Waals surface area contributed by atoms with Gasteiger partial charge in [-0.25, -0.2) is 0 Å². The van der Waals surface area contributed by atoms with Crippen LogP contribution in [0, 0.1) is 34.5 Å². The number of likely N-dealkylation sites (tertiary alicyclic amines) is 1. The van der Waals surface area contributed by atoms with E-state index in [2.05, 4.69) is 56.4 Å². The number of ether oxygens (including phenoxy) is 4. The number of nitrogens with one attached hydrogen (secondary N) is 1. The summed E-state index contributed by atoms with van der Waals surface area (Å²) in [5, 5.41) is 13.9. The van der Waals surface area contributed by atoms with Crippen LogP contribution in [0.5, 0.6) is 0 Å². The van der Waals surface area contributed by atoms with Crippen molar-refractivity contribution in [3.63, 3.8) is 0 Å². The molecule has 11 rings (SSSR count). The minimum atomic E-state index is -1.32. The highest BCUT2D eigenvalue weighted by atomic mass is 16.8. The molecule has 2 amide bonds. The maximum absolute atomic E-state index is 15.3. The molecule has 2 bridgehead atoms. The lowest BCUT2D eigenvalue weighted by molar-refractivity contribution is -0.235. The first-order valence-electron chi connectivity index (χ1n) is 22.1. The summed E-state index contributed by atoms with van der Waals surface area (Å²) < 4.78 is 26.5. The summed E-state index contributed by atoms with van der Waals surface area (Å²) in [6.07, 6.45) is 11.3. The second-order valence-electron chi connectivity index (χ2n) is 20.2. The molecular weight excluding hydrogens is 727 g/mol. The fourth-order valence-electron chi connectivity index (χ4n) is 12.9. The molecule has 11 atom stereocenters. The maximum Gasteiger partial charge on any atom is 0.327 e. The zero-order chi connectivity index (χ0) is 39.1. The Balaban J connectivity index is 0.920. The number of esters is 1. The SMILES string of the molecule is CC1(C)C[C@@H]2C(=Cc3cccc(CN4O[C@@H]5[C@H]6OC(C7CC7)(C7CC7)O[C@H]6[C@@H]6C[C@]5(C(=O)N5CCC[C@@H]5C(=O)NCCO)[C@@H]4C(=O)O6)c3)CCC3O[C@]3(C)CC[C@H]21. The number of fused-ring (bicyclic) bond motifs is 6. The van der Waals surface area contributed by atoms with Gasteiger partial charge in [0, 0.05) is 31.3 Å². The monoisotopic (exact) mass is 785 g/mol. The van der Waals surface area contributed by atoms with E-state index >= 15 is 4.79 Å². The van der Waals surface area contributed by atoms with Crippen LogP contribution in [0.25, 0.3) is 6.08 Å². The molecule has 308 valence electrons. The third-order valence-electron chi connectivity index (χ3n) is 16.1. The number of aliphatic hydroxyl groups is 1. The van der Waals surface area contributed by atoms with Gasteiger partial charge in [0.2, 0.25) is 11.8 Å². The summed E-state index contributed by atoms with van der Waals surface area (Å²) in [7, 11) is 0. The fourth-order valence-corrected chi connectivity index (χ4v) is 12.9. The second kappa shape index (κ2) is 13.1. The van der Waals surface area contributed by atoms with Gasteiger partial charge in [-0.1, -0.05) is 49.8 Å². The van der Waals surface area contributed by atoms with Crippen LogP contribution in [0.1, 0.15) is 109 Å². The first-order valence-corrected chi connectivity index (χ1v) is 22.1. The summed E-state index contributed by atoms with van der Waals surface area (Å²) in [4.78, 5) is 51.8. The van der Waals surface area contributed by atoms with Crippen LogP contribution in [-0.4, -0.2) is 107 Å². The Hall–Kier alpha value is -2.87. The van der Waals surface area contributed by atoms with Crippen molar-refractivity contribution in [2.24, 2.45) is 34.5 Å². The summed E-state index contributed by atoms with van der Waals surface area (Å²) >= 11 is 0. The Morgan fingerprint density at radius 2 is 1.77 bits per heavy atom. The maximum atomic E-state index is 15.3. The second-order valence-corrected chi connectivity index (χ2v) is 20.2. The van der Waals surface area contributed by atoms with Crippen molar-refractivity contribution in [3.05, 3.63) is 41.0 Å². The average Bonchev–Trinajstić information content (AvgIpc) is 4.15. The molecule has 5 saturated heterocycles. The van der Waals surface area contributed by atoms with Crippen LogP contribution in [0.15, 0.2) is 29.8 Å². The van der Waals surface area contributed by atoms with Gasteiger partial charge in [0.1, 0.15) is 35.9 Å². The molecule has 1 aromatic rings. The van der Waals surface area contributed by atoms with E-state index in [0.717, 1.165) is 56.1 Å². The van der Waals surface area contributed by atoms with Gasteiger partial charge in [0.15, 0.2) is 11.8 Å². The third kappa shape index (κ3) is 5.77. The number of amides is 2. The predicted octanol–water partition coefficient (Wildman–Crippen LogP) is 4.66. The summed E-state index contributed by atoms with van der Waals surface area (Å²) in [6, 6.07) is 6.78. The molecule has 5 saturated carbocycles. The lowest BCUT2D eigenvalue weighted by atomic mass is 9.52. The Bertz CT molecular complexity index is 1860. The molecule has 0 aromatic heterocycles. The molecule has 12 nitrogen and oxygen atoms in total. The third-order valence-corrected chi connectivity index (χ3v) is 16.1. The first-order chi connectivity index (χ1) is 27.4. The number of hydroxylamine groups is 2. The van der Waals surface area contributed by atoms with Gasteiger partial charge in [-0.05, 0) is 106 Å². The van der Waals surface area contributed by atoms with E-state index in [0.29, 0.717) is 42.7 Å². The number of carbonyl (C=O) groups excluding carboxylic acids is 3. The van der Waals surface area contributed by atoms with E-state index in [1.165, 1.54) is 18.4 Å². The van der Waals surface area contributed by atoms with Crippen molar-refractivity contribution in [2.75, 3.05) is 19.7 Å². The summed E-state index contributed by atoms with van der Waals surface area (Å²) in [6.45, 7) is 7.72. The lowest BCUT2D eigenvalue weighted by Gasteiger charge is -2.53. The number of aliphatic hydroxyl groups excluding tert-OH is 1. The van der Waals surface area contributed by atoms with Crippen molar-refractivity contribution in [2.45, 2.75) is 158 Å². The van der Waals surface area contributed by atoms with Crippen molar-refractivity contribution in [1.29, 1.82) is 0 Å². The Labute approximate surface area is 335 Å². The van der Waals surface area contributed by atoms with Crippen LogP contribution < -0.4 is 5.32 Å². The average molecular weight is 786 g/mol. The van der Waals surface area contributed by atoms with Crippen LogP contribution in [0.4, 0.5) is 0 Å². The molecule has 1 aromatic carbocycles. The summed E-state index contributed by atoms with van der Waals surface area (Å²) in [5.41, 5.74) is 2.64. The zero-order valence-corrected chi connectivity index (χ0v) is 33.7. The van der Waals surface area contributed by atoms with Crippen molar-refractivity contribution in [1.82, 2.24) is 15.3 Å². The molecule has 57 heavy (non-hydrogen) atoms. The molecule has 1 unspecified atom stereocenters. The number of epoxide rings is 1. The predicted molar refractivity (Wildman–Crippen MR) is 205 cm³/mol. The largest absolute Gasteiger partial charge is 0.458 e. The van der Waals surface area contributed by atoms with E-state index in [1.54, 1.807) is 9.96 Å². The molecule has 2 N–H and O–H groups in total. The molecule has 0 spiro atoms. The smallest absolute Gasteiger partial charge is 0.327 e. The van der Waals surface area contributed by atoms with E-state index in [-0.39, 0.29) is 55.4 Å². The van der Waals surface area contributed by atoms with Crippen molar-refractivity contribution >= 4 is 23.9 Å². The molecule has 10 aliphatic rings. The first kappa shape index (κ1) is 37.2.